The van der Waals surface area contributed by atoms with Gasteiger partial charge in [-0.3, -0.25) is 0 Å². The first kappa shape index (κ1) is 12.3. The molecule has 1 atom stereocenters. The van der Waals surface area contributed by atoms with Crippen molar-refractivity contribution in [2.24, 2.45) is 0 Å². The number of hydrogen-bond donors (Lipinski definition) is 2. The average Bonchev–Trinajstić information content (AvgIpc) is 3.08. The van der Waals surface area contributed by atoms with Gasteiger partial charge in [0.1, 0.15) is 6.33 Å². The largest absolute Gasteiger partial charge is 0.394 e. The lowest BCUT2D eigenvalue weighted by Crippen LogP contribution is -2.44. The molecule has 0 radical (unpaired) electrons. The summed E-state index contributed by atoms with van der Waals surface area (Å²) in [6, 6.07) is 8.43. The maximum absolute atomic E-state index is 9.73. The standard InChI is InChI=1S/C13H17N5O/c1-13(8-19,15-11-5-6-11)10-3-2-4-12(7-10)18-9-14-16-17-18/h2-4,7,9,11,15,19H,5-6,8H2,1H3. The van der Waals surface area contributed by atoms with Crippen molar-refractivity contribution < 1.29 is 5.11 Å². The first-order valence-electron chi connectivity index (χ1n) is 6.44. The van der Waals surface area contributed by atoms with E-state index < -0.39 is 5.54 Å². The van der Waals surface area contributed by atoms with Crippen LogP contribution in [-0.4, -0.2) is 38.0 Å². The smallest absolute Gasteiger partial charge is 0.143 e. The van der Waals surface area contributed by atoms with Crippen molar-refractivity contribution in [1.29, 1.82) is 0 Å². The average molecular weight is 259 g/mol. The molecule has 1 heterocycles. The van der Waals surface area contributed by atoms with E-state index >= 15 is 0 Å². The molecule has 3 rings (SSSR count). The minimum absolute atomic E-state index is 0.0581. The Morgan fingerprint density at radius 2 is 2.32 bits per heavy atom. The predicted molar refractivity (Wildman–Crippen MR) is 69.7 cm³/mol. The maximum atomic E-state index is 9.73. The van der Waals surface area contributed by atoms with E-state index in [-0.39, 0.29) is 6.61 Å². The van der Waals surface area contributed by atoms with Gasteiger partial charge in [-0.05, 0) is 47.9 Å². The van der Waals surface area contributed by atoms with Gasteiger partial charge < -0.3 is 10.4 Å². The van der Waals surface area contributed by atoms with Gasteiger partial charge in [-0.25, -0.2) is 4.68 Å². The van der Waals surface area contributed by atoms with E-state index in [1.165, 1.54) is 12.8 Å². The fourth-order valence-corrected chi connectivity index (χ4v) is 2.17. The molecule has 100 valence electrons. The van der Waals surface area contributed by atoms with Crippen molar-refractivity contribution >= 4 is 0 Å². The highest BCUT2D eigenvalue weighted by molar-refractivity contribution is 5.38. The molecular weight excluding hydrogens is 242 g/mol. The number of nitrogens with zero attached hydrogens (tertiary/aromatic N) is 4. The van der Waals surface area contributed by atoms with Crippen LogP contribution in [0.25, 0.3) is 5.69 Å². The van der Waals surface area contributed by atoms with E-state index in [9.17, 15) is 5.11 Å². The van der Waals surface area contributed by atoms with Crippen LogP contribution in [0.4, 0.5) is 0 Å². The number of aliphatic hydroxyl groups is 1. The Kier molecular flexibility index (Phi) is 3.04. The van der Waals surface area contributed by atoms with Crippen LogP contribution in [0.3, 0.4) is 0 Å². The van der Waals surface area contributed by atoms with Gasteiger partial charge in [0, 0.05) is 6.04 Å². The molecule has 0 aliphatic heterocycles. The summed E-state index contributed by atoms with van der Waals surface area (Å²) in [6.07, 6.45) is 3.92. The molecular formula is C13H17N5O. The van der Waals surface area contributed by atoms with Crippen LogP contribution in [0.1, 0.15) is 25.3 Å². The van der Waals surface area contributed by atoms with Crippen molar-refractivity contribution in [3.05, 3.63) is 36.2 Å². The SMILES string of the molecule is CC(CO)(NC1CC1)c1cccc(-n2cnnn2)c1. The third-order valence-electron chi connectivity index (χ3n) is 3.51. The molecule has 0 spiro atoms. The normalized spacial score (nSPS) is 18.2. The van der Waals surface area contributed by atoms with Crippen molar-refractivity contribution in [3.8, 4) is 5.69 Å². The van der Waals surface area contributed by atoms with Crippen LogP contribution in [-0.2, 0) is 5.54 Å². The lowest BCUT2D eigenvalue weighted by atomic mass is 9.92. The third kappa shape index (κ3) is 2.50. The van der Waals surface area contributed by atoms with Crippen LogP contribution >= 0.6 is 0 Å². The Morgan fingerprint density at radius 1 is 1.47 bits per heavy atom. The molecule has 19 heavy (non-hydrogen) atoms. The summed E-state index contributed by atoms with van der Waals surface area (Å²) in [4.78, 5) is 0. The highest BCUT2D eigenvalue weighted by Gasteiger charge is 2.33. The Bertz CT molecular complexity index is 552. The summed E-state index contributed by atoms with van der Waals surface area (Å²) in [6.45, 7) is 2.08. The molecule has 2 aromatic rings. The van der Waals surface area contributed by atoms with Gasteiger partial charge in [-0.2, -0.15) is 0 Å². The second-order valence-corrected chi connectivity index (χ2v) is 5.21. The highest BCUT2D eigenvalue weighted by atomic mass is 16.3. The summed E-state index contributed by atoms with van der Waals surface area (Å²) in [5, 5.41) is 24.4. The van der Waals surface area contributed by atoms with Crippen LogP contribution in [0.2, 0.25) is 0 Å². The van der Waals surface area contributed by atoms with Gasteiger partial charge >= 0.3 is 0 Å². The van der Waals surface area contributed by atoms with Crippen molar-refractivity contribution in [2.45, 2.75) is 31.3 Å². The summed E-state index contributed by atoms with van der Waals surface area (Å²) in [7, 11) is 0. The van der Waals surface area contributed by atoms with E-state index in [0.717, 1.165) is 11.3 Å². The zero-order valence-corrected chi connectivity index (χ0v) is 10.8. The van der Waals surface area contributed by atoms with E-state index in [4.69, 9.17) is 0 Å². The van der Waals surface area contributed by atoms with E-state index in [1.54, 1.807) is 11.0 Å². The number of benzene rings is 1. The summed E-state index contributed by atoms with van der Waals surface area (Å²) >= 11 is 0. The molecule has 1 fully saturated rings. The molecule has 1 aromatic carbocycles. The van der Waals surface area contributed by atoms with Crippen LogP contribution < -0.4 is 5.32 Å². The Balaban J connectivity index is 1.92. The highest BCUT2D eigenvalue weighted by Crippen LogP contribution is 2.29. The van der Waals surface area contributed by atoms with E-state index in [2.05, 4.69) is 20.8 Å². The van der Waals surface area contributed by atoms with Gasteiger partial charge in [0.15, 0.2) is 0 Å². The Labute approximate surface area is 111 Å². The Hall–Kier alpha value is -1.79. The second-order valence-electron chi connectivity index (χ2n) is 5.21. The molecule has 1 aliphatic rings. The number of aliphatic hydroxyl groups excluding tert-OH is 1. The van der Waals surface area contributed by atoms with E-state index in [0.29, 0.717) is 6.04 Å². The number of rotatable bonds is 5. The van der Waals surface area contributed by atoms with Crippen molar-refractivity contribution in [3.63, 3.8) is 0 Å². The van der Waals surface area contributed by atoms with Gasteiger partial charge in [0.2, 0.25) is 0 Å². The summed E-state index contributed by atoms with van der Waals surface area (Å²) < 4.78 is 1.61. The molecule has 1 saturated carbocycles. The molecule has 0 amide bonds. The first-order chi connectivity index (χ1) is 9.21. The fraction of sp³-hybridized carbons (Fsp3) is 0.462. The Morgan fingerprint density at radius 3 is 2.95 bits per heavy atom. The van der Waals surface area contributed by atoms with Crippen molar-refractivity contribution in [2.75, 3.05) is 6.61 Å². The zero-order valence-electron chi connectivity index (χ0n) is 10.8. The van der Waals surface area contributed by atoms with Gasteiger partial charge in [-0.15, -0.1) is 5.10 Å². The lowest BCUT2D eigenvalue weighted by Gasteiger charge is -2.30. The third-order valence-corrected chi connectivity index (χ3v) is 3.51. The molecule has 0 bridgehead atoms. The molecule has 0 saturated heterocycles. The quantitative estimate of drug-likeness (QED) is 0.823. The minimum Gasteiger partial charge on any atom is -0.394 e. The van der Waals surface area contributed by atoms with Crippen molar-refractivity contribution in [1.82, 2.24) is 25.5 Å². The molecule has 6 nitrogen and oxygen atoms in total. The van der Waals surface area contributed by atoms with Crippen LogP contribution in [0.5, 0.6) is 0 Å². The van der Waals surface area contributed by atoms with Gasteiger partial charge in [-0.1, -0.05) is 12.1 Å². The number of tetrazole rings is 1. The lowest BCUT2D eigenvalue weighted by molar-refractivity contribution is 0.173. The molecule has 1 unspecified atom stereocenters. The fourth-order valence-electron chi connectivity index (χ4n) is 2.17. The summed E-state index contributed by atoms with van der Waals surface area (Å²) in [5.41, 5.74) is 1.50. The first-order valence-corrected chi connectivity index (χ1v) is 6.44. The van der Waals surface area contributed by atoms with Crippen LogP contribution in [0, 0.1) is 0 Å². The maximum Gasteiger partial charge on any atom is 0.143 e. The number of aromatic nitrogens is 4. The van der Waals surface area contributed by atoms with E-state index in [1.807, 2.05) is 31.2 Å². The second kappa shape index (κ2) is 4.71. The molecule has 2 N–H and O–H groups in total. The minimum atomic E-state index is -0.425. The zero-order chi connectivity index (χ0) is 13.3. The number of hydrogen-bond acceptors (Lipinski definition) is 5. The summed E-state index contributed by atoms with van der Waals surface area (Å²) in [5.74, 6) is 0. The number of nitrogens with one attached hydrogen (secondary N) is 1. The molecule has 1 aromatic heterocycles. The molecule has 6 heteroatoms. The van der Waals surface area contributed by atoms with Gasteiger partial charge in [0.25, 0.3) is 0 Å². The van der Waals surface area contributed by atoms with Crippen LogP contribution in [0.15, 0.2) is 30.6 Å². The molecule has 1 aliphatic carbocycles. The predicted octanol–water partition coefficient (Wildman–Crippen LogP) is 0.622. The van der Waals surface area contributed by atoms with Gasteiger partial charge in [0.05, 0.1) is 17.8 Å². The topological polar surface area (TPSA) is 75.9 Å². The monoisotopic (exact) mass is 259 g/mol.